The van der Waals surface area contributed by atoms with Gasteiger partial charge in [0.15, 0.2) is 5.82 Å². The fourth-order valence-electron chi connectivity index (χ4n) is 3.88. The van der Waals surface area contributed by atoms with E-state index in [1.165, 1.54) is 38.6 Å². The van der Waals surface area contributed by atoms with Crippen LogP contribution in [0.1, 0.15) is 44.9 Å². The molecule has 2 atom stereocenters. The van der Waals surface area contributed by atoms with Gasteiger partial charge in [0.1, 0.15) is 6.33 Å². The highest BCUT2D eigenvalue weighted by Gasteiger charge is 2.39. The molecule has 20 heavy (non-hydrogen) atoms. The third kappa shape index (κ3) is 3.04. The van der Waals surface area contributed by atoms with E-state index in [1.807, 2.05) is 7.05 Å². The van der Waals surface area contributed by atoms with Crippen molar-refractivity contribution < 1.29 is 0 Å². The summed E-state index contributed by atoms with van der Waals surface area (Å²) in [5.74, 6) is 0.984. The van der Waals surface area contributed by atoms with Crippen LogP contribution in [0.15, 0.2) is 6.33 Å². The lowest BCUT2D eigenvalue weighted by molar-refractivity contribution is 0.118. The van der Waals surface area contributed by atoms with Crippen LogP contribution in [0.4, 0.5) is 0 Å². The standard InChI is InChI=1S/C15H27N5/c1-3-7-16-12-9-13-4-5-14(10-12)20(13)8-6-15-17-11-19(2)18-15/h11-14,16H,3-10H2,1-2H3. The van der Waals surface area contributed by atoms with Gasteiger partial charge in [0.05, 0.1) is 0 Å². The maximum Gasteiger partial charge on any atom is 0.151 e. The number of aromatic nitrogens is 3. The number of nitrogens with zero attached hydrogens (tertiary/aromatic N) is 4. The van der Waals surface area contributed by atoms with Crippen molar-refractivity contribution in [3.63, 3.8) is 0 Å². The average molecular weight is 277 g/mol. The van der Waals surface area contributed by atoms with Crippen LogP contribution in [0.5, 0.6) is 0 Å². The summed E-state index contributed by atoms with van der Waals surface area (Å²) >= 11 is 0. The van der Waals surface area contributed by atoms with E-state index in [2.05, 4.69) is 27.2 Å². The average Bonchev–Trinajstić information content (AvgIpc) is 2.95. The number of nitrogens with one attached hydrogen (secondary N) is 1. The smallest absolute Gasteiger partial charge is 0.151 e. The molecule has 112 valence electrons. The molecule has 5 heteroatoms. The summed E-state index contributed by atoms with van der Waals surface area (Å²) in [6, 6.07) is 2.32. The van der Waals surface area contributed by atoms with Gasteiger partial charge in [0.25, 0.3) is 0 Å². The van der Waals surface area contributed by atoms with Crippen molar-refractivity contribution in [2.75, 3.05) is 13.1 Å². The summed E-state index contributed by atoms with van der Waals surface area (Å²) in [6.07, 6.45) is 9.43. The van der Waals surface area contributed by atoms with E-state index in [0.717, 1.165) is 36.9 Å². The highest BCUT2D eigenvalue weighted by atomic mass is 15.3. The predicted molar refractivity (Wildman–Crippen MR) is 79.5 cm³/mol. The van der Waals surface area contributed by atoms with Crippen molar-refractivity contribution in [2.24, 2.45) is 7.05 Å². The molecule has 1 aromatic rings. The molecule has 0 aliphatic carbocycles. The Kier molecular flexibility index (Phi) is 4.36. The minimum absolute atomic E-state index is 0.747. The zero-order valence-corrected chi connectivity index (χ0v) is 12.8. The normalized spacial score (nSPS) is 30.0. The maximum atomic E-state index is 4.39. The van der Waals surface area contributed by atoms with Crippen LogP contribution >= 0.6 is 0 Å². The summed E-state index contributed by atoms with van der Waals surface area (Å²) in [7, 11) is 1.94. The van der Waals surface area contributed by atoms with Crippen LogP contribution in [-0.4, -0.2) is 50.9 Å². The monoisotopic (exact) mass is 277 g/mol. The molecule has 0 spiro atoms. The van der Waals surface area contributed by atoms with Crippen LogP contribution in [0, 0.1) is 0 Å². The molecule has 2 aliphatic rings. The fourth-order valence-corrected chi connectivity index (χ4v) is 3.88. The van der Waals surface area contributed by atoms with Crippen molar-refractivity contribution in [1.82, 2.24) is 25.0 Å². The number of hydrogen-bond acceptors (Lipinski definition) is 4. The first-order valence-electron chi connectivity index (χ1n) is 8.10. The van der Waals surface area contributed by atoms with Crippen molar-refractivity contribution >= 4 is 0 Å². The van der Waals surface area contributed by atoms with Gasteiger partial charge >= 0.3 is 0 Å². The number of aryl methyl sites for hydroxylation is 1. The second-order valence-electron chi connectivity index (χ2n) is 6.33. The van der Waals surface area contributed by atoms with Gasteiger partial charge in [-0.15, -0.1) is 0 Å². The molecule has 0 amide bonds. The number of hydrogen-bond donors (Lipinski definition) is 1. The van der Waals surface area contributed by atoms with E-state index in [4.69, 9.17) is 0 Å². The molecule has 0 aromatic carbocycles. The summed E-state index contributed by atoms with van der Waals surface area (Å²) < 4.78 is 1.80. The Morgan fingerprint density at radius 1 is 1.30 bits per heavy atom. The summed E-state index contributed by atoms with van der Waals surface area (Å²) in [5, 5.41) is 8.10. The predicted octanol–water partition coefficient (Wildman–Crippen LogP) is 1.35. The van der Waals surface area contributed by atoms with Gasteiger partial charge in [-0.3, -0.25) is 9.58 Å². The molecule has 2 bridgehead atoms. The largest absolute Gasteiger partial charge is 0.314 e. The number of fused-ring (bicyclic) bond motifs is 2. The van der Waals surface area contributed by atoms with Crippen molar-refractivity contribution in [3.05, 3.63) is 12.2 Å². The fraction of sp³-hybridized carbons (Fsp3) is 0.867. The van der Waals surface area contributed by atoms with Crippen LogP contribution in [0.2, 0.25) is 0 Å². The van der Waals surface area contributed by atoms with Crippen LogP contribution in [0.3, 0.4) is 0 Å². The third-order valence-corrected chi connectivity index (χ3v) is 4.81. The lowest BCUT2D eigenvalue weighted by atomic mass is 9.97. The van der Waals surface area contributed by atoms with Gasteiger partial charge in [-0.25, -0.2) is 4.98 Å². The SMILES string of the molecule is CCCNC1CC2CCC(C1)N2CCc1ncn(C)n1. The lowest BCUT2D eigenvalue weighted by Crippen LogP contribution is -2.49. The number of rotatable bonds is 6. The Balaban J connectivity index is 1.52. The summed E-state index contributed by atoms with van der Waals surface area (Å²) in [6.45, 7) is 4.54. The van der Waals surface area contributed by atoms with E-state index in [-0.39, 0.29) is 0 Å². The van der Waals surface area contributed by atoms with E-state index >= 15 is 0 Å². The minimum atomic E-state index is 0.747. The molecule has 0 radical (unpaired) electrons. The molecular formula is C15H27N5. The molecule has 3 rings (SSSR count). The molecule has 1 N–H and O–H groups in total. The van der Waals surface area contributed by atoms with Gasteiger partial charge in [-0.1, -0.05) is 6.92 Å². The zero-order chi connectivity index (χ0) is 13.9. The van der Waals surface area contributed by atoms with Gasteiger partial charge in [0, 0.05) is 38.1 Å². The van der Waals surface area contributed by atoms with E-state index in [9.17, 15) is 0 Å². The molecule has 5 nitrogen and oxygen atoms in total. The molecule has 2 unspecified atom stereocenters. The van der Waals surface area contributed by atoms with Gasteiger partial charge in [-0.2, -0.15) is 5.10 Å². The Morgan fingerprint density at radius 2 is 2.05 bits per heavy atom. The van der Waals surface area contributed by atoms with Crippen molar-refractivity contribution in [2.45, 2.75) is 63.6 Å². The first-order chi connectivity index (χ1) is 9.76. The summed E-state index contributed by atoms with van der Waals surface area (Å²) in [4.78, 5) is 7.06. The van der Waals surface area contributed by atoms with Crippen molar-refractivity contribution in [1.29, 1.82) is 0 Å². The van der Waals surface area contributed by atoms with Gasteiger partial charge in [-0.05, 0) is 38.6 Å². The van der Waals surface area contributed by atoms with Gasteiger partial charge < -0.3 is 5.32 Å². The molecule has 1 aromatic heterocycles. The molecular weight excluding hydrogens is 250 g/mol. The Hall–Kier alpha value is -0.940. The quantitative estimate of drug-likeness (QED) is 0.852. The molecule has 3 heterocycles. The second kappa shape index (κ2) is 6.22. The lowest BCUT2D eigenvalue weighted by Gasteiger charge is -2.39. The topological polar surface area (TPSA) is 46.0 Å². The maximum absolute atomic E-state index is 4.39. The van der Waals surface area contributed by atoms with E-state index in [1.54, 1.807) is 11.0 Å². The Labute approximate surface area is 121 Å². The third-order valence-electron chi connectivity index (χ3n) is 4.81. The zero-order valence-electron chi connectivity index (χ0n) is 12.8. The minimum Gasteiger partial charge on any atom is -0.314 e. The molecule has 2 aliphatic heterocycles. The van der Waals surface area contributed by atoms with Gasteiger partial charge in [0.2, 0.25) is 0 Å². The van der Waals surface area contributed by atoms with Crippen LogP contribution in [0.25, 0.3) is 0 Å². The molecule has 0 saturated carbocycles. The van der Waals surface area contributed by atoms with Crippen LogP contribution < -0.4 is 5.32 Å². The van der Waals surface area contributed by atoms with Crippen molar-refractivity contribution in [3.8, 4) is 0 Å². The van der Waals surface area contributed by atoms with E-state index in [0.29, 0.717) is 0 Å². The van der Waals surface area contributed by atoms with Crippen LogP contribution in [-0.2, 0) is 13.5 Å². The Morgan fingerprint density at radius 3 is 2.65 bits per heavy atom. The molecule has 2 saturated heterocycles. The molecule has 2 fully saturated rings. The first kappa shape index (κ1) is 14.0. The summed E-state index contributed by atoms with van der Waals surface area (Å²) in [5.41, 5.74) is 0. The van der Waals surface area contributed by atoms with E-state index < -0.39 is 0 Å². The second-order valence-corrected chi connectivity index (χ2v) is 6.33. The Bertz CT molecular complexity index is 416. The highest BCUT2D eigenvalue weighted by molar-refractivity contribution is 4.98. The number of piperidine rings is 1. The first-order valence-corrected chi connectivity index (χ1v) is 8.10. The highest BCUT2D eigenvalue weighted by Crippen LogP contribution is 2.35.